The Morgan fingerprint density at radius 1 is 1.32 bits per heavy atom. The van der Waals surface area contributed by atoms with Crippen molar-refractivity contribution in [2.75, 3.05) is 5.32 Å². The van der Waals surface area contributed by atoms with Crippen molar-refractivity contribution < 1.29 is 18.3 Å². The molecule has 0 aliphatic carbocycles. The van der Waals surface area contributed by atoms with Crippen LogP contribution in [0.15, 0.2) is 27.5 Å². The minimum atomic E-state index is -3.78. The van der Waals surface area contributed by atoms with Crippen molar-refractivity contribution in [2.45, 2.75) is 25.7 Å². The van der Waals surface area contributed by atoms with Gasteiger partial charge < -0.3 is 10.4 Å². The van der Waals surface area contributed by atoms with Gasteiger partial charge in [-0.15, -0.1) is 4.40 Å². The molecule has 2 N–H and O–H groups in total. The van der Waals surface area contributed by atoms with Gasteiger partial charge >= 0.3 is 5.97 Å². The lowest BCUT2D eigenvalue weighted by atomic mass is 9.95. The Labute approximate surface area is 111 Å². The van der Waals surface area contributed by atoms with Crippen LogP contribution in [0.3, 0.4) is 0 Å². The lowest BCUT2D eigenvalue weighted by Crippen LogP contribution is -2.32. The van der Waals surface area contributed by atoms with Gasteiger partial charge in [0.05, 0.1) is 11.3 Å². The van der Waals surface area contributed by atoms with Gasteiger partial charge in [-0.2, -0.15) is 8.42 Å². The van der Waals surface area contributed by atoms with Crippen molar-refractivity contribution in [1.82, 2.24) is 0 Å². The van der Waals surface area contributed by atoms with Crippen molar-refractivity contribution in [3.8, 4) is 0 Å². The molecule has 1 aliphatic heterocycles. The SMILES string of the molecule is CC(C)(C)C1=NS(=O)(=O)c2ccc(C(=O)O)cc2N1. The van der Waals surface area contributed by atoms with Crippen molar-refractivity contribution in [2.24, 2.45) is 9.81 Å². The van der Waals surface area contributed by atoms with E-state index in [1.54, 1.807) is 0 Å². The van der Waals surface area contributed by atoms with Crippen LogP contribution in [-0.2, 0) is 10.0 Å². The molecule has 6 nitrogen and oxygen atoms in total. The molecule has 1 aromatic carbocycles. The summed E-state index contributed by atoms with van der Waals surface area (Å²) in [5, 5.41) is 11.8. The number of aromatic carboxylic acids is 1. The number of carboxylic acids is 1. The molecule has 19 heavy (non-hydrogen) atoms. The van der Waals surface area contributed by atoms with E-state index in [1.165, 1.54) is 18.2 Å². The molecule has 7 heteroatoms. The minimum Gasteiger partial charge on any atom is -0.478 e. The number of carboxylic acid groups (broad SMARTS) is 1. The molecule has 0 unspecified atom stereocenters. The zero-order chi connectivity index (χ0) is 14.4. The second kappa shape index (κ2) is 4.06. The van der Waals surface area contributed by atoms with E-state index in [0.29, 0.717) is 5.84 Å². The number of anilines is 1. The summed E-state index contributed by atoms with van der Waals surface area (Å²) < 4.78 is 27.8. The van der Waals surface area contributed by atoms with Crippen LogP contribution in [0.4, 0.5) is 5.69 Å². The zero-order valence-electron chi connectivity index (χ0n) is 10.8. The molecule has 1 aliphatic rings. The molecular formula is C12H14N2O4S. The van der Waals surface area contributed by atoms with Gasteiger partial charge in [0.1, 0.15) is 10.7 Å². The summed E-state index contributed by atoms with van der Waals surface area (Å²) >= 11 is 0. The number of hydrogen-bond acceptors (Lipinski definition) is 4. The van der Waals surface area contributed by atoms with E-state index in [9.17, 15) is 13.2 Å². The monoisotopic (exact) mass is 282 g/mol. The average Bonchev–Trinajstić information content (AvgIpc) is 2.25. The van der Waals surface area contributed by atoms with Gasteiger partial charge in [0.2, 0.25) is 0 Å². The van der Waals surface area contributed by atoms with Crippen molar-refractivity contribution >= 4 is 27.5 Å². The predicted octanol–water partition coefficient (Wildman–Crippen LogP) is 1.94. The molecule has 2 rings (SSSR count). The van der Waals surface area contributed by atoms with E-state index in [0.717, 1.165) is 0 Å². The molecule has 0 radical (unpaired) electrons. The summed E-state index contributed by atoms with van der Waals surface area (Å²) in [7, 11) is -3.78. The quantitative estimate of drug-likeness (QED) is 0.820. The number of carbonyl (C=O) groups is 1. The van der Waals surface area contributed by atoms with Crippen LogP contribution in [-0.4, -0.2) is 25.3 Å². The Morgan fingerprint density at radius 2 is 1.95 bits per heavy atom. The summed E-state index contributed by atoms with van der Waals surface area (Å²) in [4.78, 5) is 10.9. The Bertz CT molecular complexity index is 684. The normalized spacial score (nSPS) is 17.1. The molecule has 102 valence electrons. The number of benzene rings is 1. The van der Waals surface area contributed by atoms with Gasteiger partial charge in [-0.1, -0.05) is 20.8 Å². The Balaban J connectivity index is 2.62. The van der Waals surface area contributed by atoms with Crippen LogP contribution in [0.25, 0.3) is 0 Å². The molecule has 1 aromatic rings. The third-order valence-corrected chi connectivity index (χ3v) is 4.01. The van der Waals surface area contributed by atoms with E-state index >= 15 is 0 Å². The summed E-state index contributed by atoms with van der Waals surface area (Å²) in [5.41, 5.74) is -0.208. The lowest BCUT2D eigenvalue weighted by Gasteiger charge is -2.26. The van der Waals surface area contributed by atoms with Gasteiger partial charge in [0, 0.05) is 5.41 Å². The first kappa shape index (κ1) is 13.5. The topological polar surface area (TPSA) is 95.8 Å². The third-order valence-electron chi connectivity index (χ3n) is 2.68. The Kier molecular flexibility index (Phi) is 2.89. The maximum absolute atomic E-state index is 12.0. The van der Waals surface area contributed by atoms with Crippen LogP contribution in [0.2, 0.25) is 0 Å². The lowest BCUT2D eigenvalue weighted by molar-refractivity contribution is 0.0697. The average molecular weight is 282 g/mol. The van der Waals surface area contributed by atoms with Crippen LogP contribution in [0.5, 0.6) is 0 Å². The zero-order valence-corrected chi connectivity index (χ0v) is 11.6. The highest BCUT2D eigenvalue weighted by molar-refractivity contribution is 7.90. The predicted molar refractivity (Wildman–Crippen MR) is 71.1 cm³/mol. The van der Waals surface area contributed by atoms with Crippen LogP contribution in [0, 0.1) is 5.41 Å². The van der Waals surface area contributed by atoms with Gasteiger partial charge in [-0.3, -0.25) is 0 Å². The molecule has 0 atom stereocenters. The fraction of sp³-hybridized carbons (Fsp3) is 0.333. The van der Waals surface area contributed by atoms with Crippen molar-refractivity contribution in [3.05, 3.63) is 23.8 Å². The number of nitrogens with one attached hydrogen (secondary N) is 1. The first-order valence-electron chi connectivity index (χ1n) is 5.61. The van der Waals surface area contributed by atoms with Gasteiger partial charge in [0.15, 0.2) is 0 Å². The number of fused-ring (bicyclic) bond motifs is 1. The van der Waals surface area contributed by atoms with Gasteiger partial charge in [-0.25, -0.2) is 4.79 Å². The summed E-state index contributed by atoms with van der Waals surface area (Å²) in [6, 6.07) is 3.80. The highest BCUT2D eigenvalue weighted by atomic mass is 32.2. The minimum absolute atomic E-state index is 0.00880. The number of rotatable bonds is 1. The van der Waals surface area contributed by atoms with E-state index in [-0.39, 0.29) is 16.1 Å². The number of amidine groups is 1. The molecule has 0 fully saturated rings. The largest absolute Gasteiger partial charge is 0.478 e. The molecular weight excluding hydrogens is 268 g/mol. The fourth-order valence-electron chi connectivity index (χ4n) is 1.63. The third kappa shape index (κ3) is 2.46. The molecule has 0 saturated heterocycles. The molecule has 1 heterocycles. The van der Waals surface area contributed by atoms with E-state index < -0.39 is 21.4 Å². The van der Waals surface area contributed by atoms with Crippen molar-refractivity contribution in [1.29, 1.82) is 0 Å². The van der Waals surface area contributed by atoms with Crippen molar-refractivity contribution in [3.63, 3.8) is 0 Å². The molecule has 0 aromatic heterocycles. The van der Waals surface area contributed by atoms with Crippen LogP contribution in [0.1, 0.15) is 31.1 Å². The number of nitrogens with zero attached hydrogens (tertiary/aromatic N) is 1. The maximum atomic E-state index is 12.0. The summed E-state index contributed by atoms with van der Waals surface area (Å²) in [6.45, 7) is 5.46. The molecule has 0 saturated carbocycles. The van der Waals surface area contributed by atoms with Gasteiger partial charge in [0.25, 0.3) is 10.0 Å². The van der Waals surface area contributed by atoms with Gasteiger partial charge in [-0.05, 0) is 18.2 Å². The van der Waals surface area contributed by atoms with E-state index in [1.807, 2.05) is 20.8 Å². The van der Waals surface area contributed by atoms with E-state index in [4.69, 9.17) is 5.11 Å². The Morgan fingerprint density at radius 3 is 2.47 bits per heavy atom. The van der Waals surface area contributed by atoms with Crippen LogP contribution < -0.4 is 5.32 Å². The highest BCUT2D eigenvalue weighted by Gasteiger charge is 2.31. The Hall–Kier alpha value is -1.89. The number of sulfonamides is 1. The van der Waals surface area contributed by atoms with Crippen LogP contribution >= 0.6 is 0 Å². The molecule has 0 bridgehead atoms. The standard InChI is InChI=1S/C12H14N2O4S/c1-12(2,3)11-13-8-6-7(10(15)16)4-5-9(8)19(17,18)14-11/h4-6H,1-3H3,(H,13,14)(H,15,16). The first-order chi connectivity index (χ1) is 8.61. The second-order valence-electron chi connectivity index (χ2n) is 5.31. The first-order valence-corrected chi connectivity index (χ1v) is 7.05. The fourth-order valence-corrected chi connectivity index (χ4v) is 2.92. The van der Waals surface area contributed by atoms with E-state index in [2.05, 4.69) is 9.71 Å². The summed E-state index contributed by atoms with van der Waals surface area (Å²) in [6.07, 6.45) is 0. The smallest absolute Gasteiger partial charge is 0.335 e. The summed E-state index contributed by atoms with van der Waals surface area (Å²) in [5.74, 6) is -0.815. The second-order valence-corrected chi connectivity index (χ2v) is 6.88. The molecule has 0 spiro atoms. The maximum Gasteiger partial charge on any atom is 0.335 e. The molecule has 0 amide bonds. The highest BCUT2D eigenvalue weighted by Crippen LogP contribution is 2.32. The number of hydrogen-bond donors (Lipinski definition) is 2.